The van der Waals surface area contributed by atoms with Gasteiger partial charge in [-0.15, -0.1) is 0 Å². The van der Waals surface area contributed by atoms with Gasteiger partial charge in [-0.25, -0.2) is 0 Å². The summed E-state index contributed by atoms with van der Waals surface area (Å²) in [4.78, 5) is 0. The molecule has 17 heavy (non-hydrogen) atoms. The van der Waals surface area contributed by atoms with E-state index in [0.29, 0.717) is 0 Å². The lowest BCUT2D eigenvalue weighted by molar-refractivity contribution is 0.134. The Morgan fingerprint density at radius 1 is 0.941 bits per heavy atom. The third-order valence-corrected chi connectivity index (χ3v) is 3.06. The molecule has 1 heterocycles. The molecule has 1 N–H and O–H groups in total. The standard InChI is InChI=1S/C15H15NO/c1-2-4-15(5-3-1)16-9-12-6-7-13-10-17-11-14(13)8-12/h1-8,16H,9-11H2. The van der Waals surface area contributed by atoms with E-state index in [9.17, 15) is 0 Å². The highest BCUT2D eigenvalue weighted by molar-refractivity contribution is 5.43. The van der Waals surface area contributed by atoms with E-state index < -0.39 is 0 Å². The van der Waals surface area contributed by atoms with Crippen LogP contribution in [0.25, 0.3) is 0 Å². The van der Waals surface area contributed by atoms with Gasteiger partial charge in [0.2, 0.25) is 0 Å². The second-order valence-electron chi connectivity index (χ2n) is 4.32. The van der Waals surface area contributed by atoms with E-state index in [2.05, 4.69) is 35.6 Å². The van der Waals surface area contributed by atoms with Crippen molar-refractivity contribution >= 4 is 5.69 Å². The second kappa shape index (κ2) is 4.60. The Balaban J connectivity index is 1.70. The van der Waals surface area contributed by atoms with Crippen LogP contribution in [0.3, 0.4) is 0 Å². The van der Waals surface area contributed by atoms with Crippen molar-refractivity contribution in [1.82, 2.24) is 0 Å². The van der Waals surface area contributed by atoms with Crippen LogP contribution in [0.15, 0.2) is 48.5 Å². The van der Waals surface area contributed by atoms with Crippen LogP contribution < -0.4 is 5.32 Å². The lowest BCUT2D eigenvalue weighted by Crippen LogP contribution is -1.99. The van der Waals surface area contributed by atoms with Crippen LogP contribution >= 0.6 is 0 Å². The Morgan fingerprint density at radius 3 is 2.65 bits per heavy atom. The van der Waals surface area contributed by atoms with Gasteiger partial charge in [0.1, 0.15) is 0 Å². The van der Waals surface area contributed by atoms with Crippen LogP contribution in [0.2, 0.25) is 0 Å². The molecule has 2 nitrogen and oxygen atoms in total. The summed E-state index contributed by atoms with van der Waals surface area (Å²) in [5.74, 6) is 0. The maximum absolute atomic E-state index is 5.41. The minimum Gasteiger partial charge on any atom is -0.381 e. The summed E-state index contributed by atoms with van der Waals surface area (Å²) in [5, 5.41) is 3.41. The van der Waals surface area contributed by atoms with Gasteiger partial charge in [0.25, 0.3) is 0 Å². The van der Waals surface area contributed by atoms with Crippen molar-refractivity contribution in [2.45, 2.75) is 19.8 Å². The van der Waals surface area contributed by atoms with Gasteiger partial charge in [-0.05, 0) is 28.8 Å². The van der Waals surface area contributed by atoms with Gasteiger partial charge in [0, 0.05) is 12.2 Å². The molecule has 0 amide bonds. The fourth-order valence-electron chi connectivity index (χ4n) is 2.10. The molecule has 0 saturated heterocycles. The largest absolute Gasteiger partial charge is 0.381 e. The van der Waals surface area contributed by atoms with Crippen LogP contribution in [-0.2, 0) is 24.5 Å². The van der Waals surface area contributed by atoms with Crippen molar-refractivity contribution in [2.75, 3.05) is 5.32 Å². The molecule has 0 saturated carbocycles. The molecule has 0 radical (unpaired) electrons. The number of nitrogens with one attached hydrogen (secondary N) is 1. The predicted molar refractivity (Wildman–Crippen MR) is 68.7 cm³/mol. The molecule has 0 aliphatic carbocycles. The maximum atomic E-state index is 5.41. The van der Waals surface area contributed by atoms with Crippen LogP contribution in [0.1, 0.15) is 16.7 Å². The zero-order valence-electron chi connectivity index (χ0n) is 9.65. The Hall–Kier alpha value is -1.80. The number of hydrogen-bond acceptors (Lipinski definition) is 2. The fourth-order valence-corrected chi connectivity index (χ4v) is 2.10. The zero-order valence-corrected chi connectivity index (χ0v) is 9.65. The third kappa shape index (κ3) is 2.32. The van der Waals surface area contributed by atoms with Crippen LogP contribution in [0, 0.1) is 0 Å². The van der Waals surface area contributed by atoms with Gasteiger partial charge in [-0.1, -0.05) is 36.4 Å². The summed E-state index contributed by atoms with van der Waals surface area (Å²) in [5.41, 5.74) is 5.12. The molecule has 0 unspecified atom stereocenters. The van der Waals surface area contributed by atoms with Gasteiger partial charge in [-0.2, -0.15) is 0 Å². The summed E-state index contributed by atoms with van der Waals surface area (Å²) >= 11 is 0. The van der Waals surface area contributed by atoms with E-state index in [1.165, 1.54) is 16.7 Å². The van der Waals surface area contributed by atoms with Gasteiger partial charge in [-0.3, -0.25) is 0 Å². The summed E-state index contributed by atoms with van der Waals surface area (Å²) in [6.45, 7) is 2.38. The van der Waals surface area contributed by atoms with Crippen molar-refractivity contribution in [3.63, 3.8) is 0 Å². The number of anilines is 1. The van der Waals surface area contributed by atoms with Crippen LogP contribution in [0.5, 0.6) is 0 Å². The van der Waals surface area contributed by atoms with Crippen molar-refractivity contribution in [1.29, 1.82) is 0 Å². The molecule has 3 rings (SSSR count). The first-order chi connectivity index (χ1) is 8.42. The fraction of sp³-hybridized carbons (Fsp3) is 0.200. The molecule has 2 aromatic rings. The Morgan fingerprint density at radius 2 is 1.76 bits per heavy atom. The molecule has 0 fully saturated rings. The first-order valence-corrected chi connectivity index (χ1v) is 5.89. The SMILES string of the molecule is c1ccc(NCc2ccc3c(c2)COC3)cc1. The second-order valence-corrected chi connectivity index (χ2v) is 4.32. The number of benzene rings is 2. The first kappa shape index (κ1) is 10.4. The third-order valence-electron chi connectivity index (χ3n) is 3.06. The van der Waals surface area contributed by atoms with E-state index in [1.807, 2.05) is 18.2 Å². The molecular formula is C15H15NO. The smallest absolute Gasteiger partial charge is 0.0725 e. The van der Waals surface area contributed by atoms with Crippen LogP contribution in [-0.4, -0.2) is 0 Å². The molecule has 2 heteroatoms. The van der Waals surface area contributed by atoms with E-state index >= 15 is 0 Å². The van der Waals surface area contributed by atoms with Gasteiger partial charge >= 0.3 is 0 Å². The average molecular weight is 225 g/mol. The summed E-state index contributed by atoms with van der Waals surface area (Å²) in [7, 11) is 0. The zero-order chi connectivity index (χ0) is 11.5. The summed E-state index contributed by atoms with van der Waals surface area (Å²) in [6, 6.07) is 16.8. The minimum atomic E-state index is 0.758. The normalized spacial score (nSPS) is 13.4. The number of rotatable bonds is 3. The number of ether oxygens (including phenoxy) is 1. The molecule has 0 bridgehead atoms. The first-order valence-electron chi connectivity index (χ1n) is 5.89. The quantitative estimate of drug-likeness (QED) is 0.865. The molecule has 2 aromatic carbocycles. The number of para-hydroxylation sites is 1. The Labute approximate surface area is 101 Å². The molecule has 86 valence electrons. The van der Waals surface area contributed by atoms with Crippen molar-refractivity contribution in [3.05, 3.63) is 65.2 Å². The highest BCUT2D eigenvalue weighted by Gasteiger charge is 2.10. The van der Waals surface area contributed by atoms with Gasteiger partial charge < -0.3 is 10.1 Å². The van der Waals surface area contributed by atoms with Gasteiger partial charge in [0.15, 0.2) is 0 Å². The van der Waals surface area contributed by atoms with Gasteiger partial charge in [0.05, 0.1) is 13.2 Å². The Bertz CT molecular complexity index is 508. The van der Waals surface area contributed by atoms with Crippen molar-refractivity contribution < 1.29 is 4.74 Å². The van der Waals surface area contributed by atoms with Crippen LogP contribution in [0.4, 0.5) is 5.69 Å². The maximum Gasteiger partial charge on any atom is 0.0725 e. The van der Waals surface area contributed by atoms with E-state index in [4.69, 9.17) is 4.74 Å². The molecule has 0 spiro atoms. The highest BCUT2D eigenvalue weighted by atomic mass is 16.5. The Kier molecular flexibility index (Phi) is 2.80. The topological polar surface area (TPSA) is 21.3 Å². The van der Waals surface area contributed by atoms with E-state index in [-0.39, 0.29) is 0 Å². The molecule has 0 aromatic heterocycles. The molecular weight excluding hydrogens is 210 g/mol. The number of fused-ring (bicyclic) bond motifs is 1. The minimum absolute atomic E-state index is 0.758. The monoisotopic (exact) mass is 225 g/mol. The molecule has 0 atom stereocenters. The summed E-state index contributed by atoms with van der Waals surface area (Å²) in [6.07, 6.45) is 0. The lowest BCUT2D eigenvalue weighted by atomic mass is 10.1. The number of hydrogen-bond donors (Lipinski definition) is 1. The van der Waals surface area contributed by atoms with E-state index in [1.54, 1.807) is 0 Å². The highest BCUT2D eigenvalue weighted by Crippen LogP contribution is 2.21. The van der Waals surface area contributed by atoms with Crippen molar-refractivity contribution in [2.24, 2.45) is 0 Å². The van der Waals surface area contributed by atoms with E-state index in [0.717, 1.165) is 25.4 Å². The molecule has 1 aliphatic heterocycles. The van der Waals surface area contributed by atoms with Crippen molar-refractivity contribution in [3.8, 4) is 0 Å². The molecule has 1 aliphatic rings. The average Bonchev–Trinajstić information content (AvgIpc) is 2.85. The predicted octanol–water partition coefficient (Wildman–Crippen LogP) is 3.33. The lowest BCUT2D eigenvalue weighted by Gasteiger charge is -2.07. The summed E-state index contributed by atoms with van der Waals surface area (Å²) < 4.78 is 5.41.